The third kappa shape index (κ3) is 5.64. The Hall–Kier alpha value is -1.82. The molecule has 0 atom stereocenters. The average molecular weight is 557 g/mol. The van der Waals surface area contributed by atoms with Crippen LogP contribution in [-0.2, 0) is 0 Å². The number of hydrogen-bond acceptors (Lipinski definition) is 4. The molecule has 0 aromatic heterocycles. The van der Waals surface area contributed by atoms with Gasteiger partial charge < -0.3 is 0 Å². The van der Waals surface area contributed by atoms with Crippen LogP contribution >= 0.6 is 0 Å². The first kappa shape index (κ1) is 24.3. The molecule has 4 nitrogen and oxygen atoms in total. The molecule has 0 bridgehead atoms. The first-order valence-corrected chi connectivity index (χ1v) is 20.2. The second kappa shape index (κ2) is 11.5. The van der Waals surface area contributed by atoms with Gasteiger partial charge in [-0.1, -0.05) is 0 Å². The Balaban J connectivity index is 1.84. The van der Waals surface area contributed by atoms with Crippen molar-refractivity contribution in [2.45, 2.75) is 72.6 Å². The van der Waals surface area contributed by atoms with Crippen molar-refractivity contribution in [3.8, 4) is 23.0 Å². The molecule has 0 aliphatic carbocycles. The van der Waals surface area contributed by atoms with Crippen LogP contribution in [-0.4, -0.2) is 32.0 Å². The Kier molecular flexibility index (Phi) is 8.50. The molecule has 2 heterocycles. The molecule has 0 spiro atoms. The van der Waals surface area contributed by atoms with Crippen LogP contribution in [0.4, 0.5) is 0 Å². The van der Waals surface area contributed by atoms with E-state index in [1.807, 2.05) is 6.07 Å². The zero-order chi connectivity index (χ0) is 23.1. The van der Waals surface area contributed by atoms with Crippen molar-refractivity contribution in [3.63, 3.8) is 0 Å². The van der Waals surface area contributed by atoms with E-state index in [0.29, 0.717) is 13.6 Å². The van der Waals surface area contributed by atoms with Gasteiger partial charge in [0.15, 0.2) is 0 Å². The average Bonchev–Trinajstić information content (AvgIpc) is 3.51. The number of rotatable bonds is 12. The molecule has 0 fully saturated rings. The van der Waals surface area contributed by atoms with Crippen molar-refractivity contribution in [1.29, 1.82) is 0 Å². The van der Waals surface area contributed by atoms with E-state index in [9.17, 15) is 0 Å². The van der Waals surface area contributed by atoms with Crippen LogP contribution in [0.25, 0.3) is 9.67 Å². The van der Waals surface area contributed by atoms with Crippen LogP contribution in [0.3, 0.4) is 0 Å². The molecule has 2 aromatic carbocycles. The van der Waals surface area contributed by atoms with Gasteiger partial charge in [-0.25, -0.2) is 0 Å². The molecule has 0 saturated carbocycles. The van der Waals surface area contributed by atoms with Gasteiger partial charge in [0, 0.05) is 0 Å². The van der Waals surface area contributed by atoms with Gasteiger partial charge in [0.25, 0.3) is 0 Å². The maximum absolute atomic E-state index is 5.79. The molecule has 2 aliphatic heterocycles. The molecular formula is C28H38O4Sn. The number of benzene rings is 2. The molecule has 0 radical (unpaired) electrons. The number of unbranched alkanes of at least 4 members (excludes halogenated alkanes) is 3. The molecular weight excluding hydrogens is 519 g/mol. The third-order valence-electron chi connectivity index (χ3n) is 6.99. The molecule has 2 aromatic rings. The van der Waals surface area contributed by atoms with Gasteiger partial charge in [0.1, 0.15) is 0 Å². The SMILES string of the molecule is CCC[CH2][Sn]([CH2]CCC)([CH2]CCC)/[C](=C/c1ccc2c(c1)OCO2)c1ccc2c(c1)OCO2. The zero-order valence-corrected chi connectivity index (χ0v) is 23.3. The molecule has 4 rings (SSSR count). The van der Waals surface area contributed by atoms with Gasteiger partial charge >= 0.3 is 204 Å². The Morgan fingerprint density at radius 2 is 1.21 bits per heavy atom. The van der Waals surface area contributed by atoms with Crippen LogP contribution in [0.5, 0.6) is 23.0 Å². The topological polar surface area (TPSA) is 36.9 Å². The number of ether oxygens (including phenoxy) is 4. The second-order valence-electron chi connectivity index (χ2n) is 9.33. The van der Waals surface area contributed by atoms with Crippen LogP contribution in [0, 0.1) is 0 Å². The fraction of sp³-hybridized carbons (Fsp3) is 0.500. The van der Waals surface area contributed by atoms with Gasteiger partial charge in [0.2, 0.25) is 0 Å². The summed E-state index contributed by atoms with van der Waals surface area (Å²) in [6, 6.07) is 13.0. The number of fused-ring (bicyclic) bond motifs is 2. The second-order valence-corrected chi connectivity index (χ2v) is 22.5. The van der Waals surface area contributed by atoms with Gasteiger partial charge in [-0.3, -0.25) is 0 Å². The molecule has 5 heteroatoms. The summed E-state index contributed by atoms with van der Waals surface area (Å²) in [7, 11) is 0. The summed E-state index contributed by atoms with van der Waals surface area (Å²) < 4.78 is 28.5. The monoisotopic (exact) mass is 558 g/mol. The predicted octanol–water partition coefficient (Wildman–Crippen LogP) is 8.07. The Morgan fingerprint density at radius 3 is 1.79 bits per heavy atom. The maximum atomic E-state index is 5.79. The molecule has 0 unspecified atom stereocenters. The summed E-state index contributed by atoms with van der Waals surface area (Å²) in [5, 5.41) is 0. The number of hydrogen-bond donors (Lipinski definition) is 0. The first-order valence-electron chi connectivity index (χ1n) is 12.7. The summed E-state index contributed by atoms with van der Waals surface area (Å²) in [4.78, 5) is 0. The van der Waals surface area contributed by atoms with E-state index in [0.717, 1.165) is 23.0 Å². The summed E-state index contributed by atoms with van der Waals surface area (Å²) in [6.07, 6.45) is 10.2. The van der Waals surface area contributed by atoms with Crippen molar-refractivity contribution in [3.05, 3.63) is 47.5 Å². The van der Waals surface area contributed by atoms with E-state index < -0.39 is 18.4 Å². The molecule has 2 aliphatic rings. The van der Waals surface area contributed by atoms with Crippen LogP contribution in [0.1, 0.15) is 70.4 Å². The van der Waals surface area contributed by atoms with Gasteiger partial charge in [-0.2, -0.15) is 0 Å². The van der Waals surface area contributed by atoms with Gasteiger partial charge in [-0.15, -0.1) is 0 Å². The van der Waals surface area contributed by atoms with Crippen LogP contribution in [0.2, 0.25) is 13.3 Å². The van der Waals surface area contributed by atoms with E-state index in [1.165, 1.54) is 63.0 Å². The minimum atomic E-state index is -2.75. The van der Waals surface area contributed by atoms with E-state index >= 15 is 0 Å². The normalized spacial score (nSPS) is 14.7. The minimum absolute atomic E-state index is 0.310. The molecule has 0 N–H and O–H groups in total. The first-order chi connectivity index (χ1) is 16.2. The Morgan fingerprint density at radius 1 is 0.697 bits per heavy atom. The van der Waals surface area contributed by atoms with Crippen molar-refractivity contribution in [1.82, 2.24) is 0 Å². The van der Waals surface area contributed by atoms with E-state index in [1.54, 1.807) is 3.59 Å². The van der Waals surface area contributed by atoms with Crippen molar-refractivity contribution in [2.24, 2.45) is 0 Å². The Labute approximate surface area is 203 Å². The quantitative estimate of drug-likeness (QED) is 0.195. The summed E-state index contributed by atoms with van der Waals surface area (Å²) in [6.45, 7) is 7.62. The van der Waals surface area contributed by atoms with Gasteiger partial charge in [0.05, 0.1) is 0 Å². The summed E-state index contributed by atoms with van der Waals surface area (Å²) in [5.74, 6) is 3.43. The van der Waals surface area contributed by atoms with Gasteiger partial charge in [-0.05, 0) is 0 Å². The van der Waals surface area contributed by atoms with Crippen LogP contribution < -0.4 is 18.9 Å². The third-order valence-corrected chi connectivity index (χ3v) is 22.7. The van der Waals surface area contributed by atoms with Crippen molar-refractivity contribution in [2.75, 3.05) is 13.6 Å². The summed E-state index contributed by atoms with van der Waals surface area (Å²) in [5.41, 5.74) is 2.54. The van der Waals surface area contributed by atoms with Crippen molar-refractivity contribution < 1.29 is 18.9 Å². The van der Waals surface area contributed by atoms with Crippen molar-refractivity contribution >= 4 is 28.0 Å². The predicted molar refractivity (Wildman–Crippen MR) is 138 cm³/mol. The zero-order valence-electron chi connectivity index (χ0n) is 20.5. The molecule has 178 valence electrons. The molecule has 0 amide bonds. The standard InChI is InChI=1S/C16H11O4.3C4H9.Sn/c1(11-3-5-13-15(7-11)19-9-17-13)2-12-4-6-14-16(8-12)20-10-18-14;3*1-3-4-2;/h1,3-8H,9-10H2;3*1,3-4H2,2H3;. The fourth-order valence-corrected chi connectivity index (χ4v) is 21.9. The molecule has 33 heavy (non-hydrogen) atoms. The van der Waals surface area contributed by atoms with E-state index in [2.05, 4.69) is 57.2 Å². The van der Waals surface area contributed by atoms with Crippen LogP contribution in [0.15, 0.2) is 36.4 Å². The fourth-order valence-electron chi connectivity index (χ4n) is 5.10. The van der Waals surface area contributed by atoms with E-state index in [-0.39, 0.29) is 0 Å². The molecule has 0 saturated heterocycles. The summed E-state index contributed by atoms with van der Waals surface area (Å²) >= 11 is -2.75. The van der Waals surface area contributed by atoms with E-state index in [4.69, 9.17) is 18.9 Å². The Bertz CT molecular complexity index is 947.